The number of fused-ring (bicyclic) bond motifs is 1. The summed E-state index contributed by atoms with van der Waals surface area (Å²) in [7, 11) is 0. The van der Waals surface area contributed by atoms with Gasteiger partial charge >= 0.3 is 0 Å². The number of carbonyl (C=O) groups excluding carboxylic acids is 1. The van der Waals surface area contributed by atoms with Crippen LogP contribution in [0.3, 0.4) is 0 Å². The van der Waals surface area contributed by atoms with Crippen LogP contribution < -0.4 is 10.6 Å². The molecule has 0 aliphatic carbocycles. The second-order valence-corrected chi connectivity index (χ2v) is 8.17. The molecule has 3 aliphatic rings. The number of hydrogen-bond acceptors (Lipinski definition) is 5. The molecule has 0 saturated carbocycles. The van der Waals surface area contributed by atoms with Gasteiger partial charge < -0.3 is 15.5 Å². The molecule has 1 unspecified atom stereocenters. The molecule has 1 fully saturated rings. The lowest BCUT2D eigenvalue weighted by Crippen LogP contribution is -2.64. The predicted octanol–water partition coefficient (Wildman–Crippen LogP) is 2.35. The monoisotopic (exact) mass is 398 g/mol. The fraction of sp³-hybridized carbons (Fsp3) is 0.261. The second kappa shape index (κ2) is 6.63. The molecular formula is C23H22N6O. The topological polar surface area (TPSA) is 86.0 Å². The number of nitrogens with one attached hydrogen (secondary N) is 2. The van der Waals surface area contributed by atoms with Crippen molar-refractivity contribution in [3.8, 4) is 6.07 Å². The van der Waals surface area contributed by atoms with Crippen LogP contribution in [-0.4, -0.2) is 39.3 Å². The first kappa shape index (κ1) is 18.3. The van der Waals surface area contributed by atoms with Gasteiger partial charge in [0, 0.05) is 36.0 Å². The van der Waals surface area contributed by atoms with E-state index in [-0.39, 0.29) is 11.6 Å². The van der Waals surface area contributed by atoms with Crippen LogP contribution in [0.2, 0.25) is 0 Å². The summed E-state index contributed by atoms with van der Waals surface area (Å²) in [6.45, 7) is 3.03. The summed E-state index contributed by atoms with van der Waals surface area (Å²) in [6, 6.07) is 11.5. The summed E-state index contributed by atoms with van der Waals surface area (Å²) in [6.07, 6.45) is 12.1. The van der Waals surface area contributed by atoms with E-state index in [1.807, 2.05) is 65.9 Å². The molecule has 0 spiro atoms. The van der Waals surface area contributed by atoms with Crippen LogP contribution in [-0.2, 0) is 5.54 Å². The highest BCUT2D eigenvalue weighted by molar-refractivity contribution is 5.94. The number of dihydropyridines is 1. The third-order valence-electron chi connectivity index (χ3n) is 6.14. The molecule has 0 radical (unpaired) electrons. The Labute approximate surface area is 175 Å². The van der Waals surface area contributed by atoms with Crippen molar-refractivity contribution in [2.75, 3.05) is 13.1 Å². The minimum absolute atomic E-state index is 0.0132. The molecule has 1 aromatic carbocycles. The maximum absolute atomic E-state index is 12.7. The smallest absolute Gasteiger partial charge is 0.254 e. The Morgan fingerprint density at radius 2 is 1.93 bits per heavy atom. The predicted molar refractivity (Wildman–Crippen MR) is 113 cm³/mol. The fourth-order valence-corrected chi connectivity index (χ4v) is 4.43. The maximum Gasteiger partial charge on any atom is 0.254 e. The van der Waals surface area contributed by atoms with Gasteiger partial charge in [0.25, 0.3) is 5.91 Å². The molecule has 0 bridgehead atoms. The summed E-state index contributed by atoms with van der Waals surface area (Å²) >= 11 is 0. The van der Waals surface area contributed by atoms with Crippen molar-refractivity contribution in [1.82, 2.24) is 25.3 Å². The van der Waals surface area contributed by atoms with Crippen LogP contribution in [0.25, 0.3) is 5.57 Å². The Balaban J connectivity index is 1.42. The highest BCUT2D eigenvalue weighted by Gasteiger charge is 2.48. The number of likely N-dealkylation sites (tertiary alicyclic amines) is 1. The van der Waals surface area contributed by atoms with Crippen molar-refractivity contribution in [1.29, 1.82) is 5.26 Å². The van der Waals surface area contributed by atoms with Gasteiger partial charge in [-0.3, -0.25) is 9.48 Å². The lowest BCUT2D eigenvalue weighted by atomic mass is 9.86. The fourth-order valence-electron chi connectivity index (χ4n) is 4.43. The summed E-state index contributed by atoms with van der Waals surface area (Å²) in [5.41, 5.74) is 3.07. The molecule has 5 rings (SSSR count). The van der Waals surface area contributed by atoms with E-state index >= 15 is 0 Å². The molecule has 3 aliphatic heterocycles. The first-order chi connectivity index (χ1) is 14.5. The largest absolute Gasteiger partial charge is 0.365 e. The third-order valence-corrected chi connectivity index (χ3v) is 6.14. The first-order valence-corrected chi connectivity index (χ1v) is 9.95. The summed E-state index contributed by atoms with van der Waals surface area (Å²) in [5, 5.41) is 20.7. The Kier molecular flexibility index (Phi) is 4.03. The summed E-state index contributed by atoms with van der Waals surface area (Å²) in [5.74, 6) is -0.0132. The Morgan fingerprint density at radius 1 is 1.20 bits per heavy atom. The van der Waals surface area contributed by atoms with Crippen molar-refractivity contribution >= 4 is 11.5 Å². The number of hydrogen-bond donors (Lipinski definition) is 2. The molecule has 1 saturated heterocycles. The SMILES string of the molecule is CC12NC=CC(c3cnn(C4(CC#N)CN(C(=O)c5ccccc5)C4)c3)=C1C=CN2. The molecule has 2 N–H and O–H groups in total. The first-order valence-electron chi connectivity index (χ1n) is 9.95. The molecular weight excluding hydrogens is 376 g/mol. The van der Waals surface area contributed by atoms with Gasteiger partial charge in [-0.25, -0.2) is 0 Å². The Hall–Kier alpha value is -3.79. The molecule has 1 aromatic heterocycles. The van der Waals surface area contributed by atoms with E-state index in [4.69, 9.17) is 0 Å². The van der Waals surface area contributed by atoms with Gasteiger partial charge in [0.1, 0.15) is 11.2 Å². The van der Waals surface area contributed by atoms with Gasteiger partial charge in [0.2, 0.25) is 0 Å². The quantitative estimate of drug-likeness (QED) is 0.826. The van der Waals surface area contributed by atoms with Gasteiger partial charge in [-0.1, -0.05) is 18.2 Å². The Bertz CT molecular complexity index is 1130. The minimum atomic E-state index is -0.494. The van der Waals surface area contributed by atoms with Gasteiger partial charge in [-0.15, -0.1) is 0 Å². The average Bonchev–Trinajstić information content (AvgIpc) is 3.37. The zero-order valence-electron chi connectivity index (χ0n) is 16.7. The van der Waals surface area contributed by atoms with Crippen LogP contribution in [0.15, 0.2) is 72.9 Å². The Morgan fingerprint density at radius 3 is 2.67 bits per heavy atom. The van der Waals surface area contributed by atoms with E-state index in [1.165, 1.54) is 0 Å². The zero-order chi connectivity index (χ0) is 20.8. The van der Waals surface area contributed by atoms with Crippen LogP contribution in [0.4, 0.5) is 0 Å². The van der Waals surface area contributed by atoms with Crippen LogP contribution in [0.5, 0.6) is 0 Å². The second-order valence-electron chi connectivity index (χ2n) is 8.17. The van der Waals surface area contributed by atoms with Gasteiger partial charge in [-0.05, 0) is 49.2 Å². The number of rotatable bonds is 4. The highest BCUT2D eigenvalue weighted by atomic mass is 16.2. The lowest BCUT2D eigenvalue weighted by Gasteiger charge is -2.49. The van der Waals surface area contributed by atoms with Gasteiger partial charge in [-0.2, -0.15) is 10.4 Å². The van der Waals surface area contributed by atoms with Crippen LogP contribution >= 0.6 is 0 Å². The van der Waals surface area contributed by atoms with Gasteiger partial charge in [0.15, 0.2) is 0 Å². The number of allylic oxidation sites excluding steroid dienone is 2. The maximum atomic E-state index is 12.7. The van der Waals surface area contributed by atoms with E-state index in [9.17, 15) is 10.1 Å². The standard InChI is InChI=1S/C23H22N6O/c1-22-20(8-12-26-22)19(7-11-25-22)18-13-27-29(14-18)23(9-10-24)15-28(16-23)21(30)17-5-3-2-4-6-17/h2-8,11-14,25-26H,9,15-16H2,1H3. The number of amides is 1. The zero-order valence-corrected chi connectivity index (χ0v) is 16.7. The van der Waals surface area contributed by atoms with E-state index < -0.39 is 5.54 Å². The molecule has 2 aromatic rings. The molecule has 1 amide bonds. The lowest BCUT2D eigenvalue weighted by molar-refractivity contribution is 0.00855. The third kappa shape index (κ3) is 2.72. The highest BCUT2D eigenvalue weighted by Crippen LogP contribution is 2.36. The van der Waals surface area contributed by atoms with Crippen molar-refractivity contribution in [2.45, 2.75) is 24.5 Å². The van der Waals surface area contributed by atoms with Crippen molar-refractivity contribution < 1.29 is 4.79 Å². The molecule has 150 valence electrons. The minimum Gasteiger partial charge on any atom is -0.365 e. The number of carbonyl (C=O) groups is 1. The average molecular weight is 398 g/mol. The number of nitrogens with zero attached hydrogens (tertiary/aromatic N) is 4. The van der Waals surface area contributed by atoms with Crippen molar-refractivity contribution in [3.63, 3.8) is 0 Å². The molecule has 7 nitrogen and oxygen atoms in total. The van der Waals surface area contributed by atoms with E-state index in [2.05, 4.69) is 34.8 Å². The van der Waals surface area contributed by atoms with E-state index in [0.29, 0.717) is 25.1 Å². The normalized spacial score (nSPS) is 23.3. The van der Waals surface area contributed by atoms with Crippen LogP contribution in [0.1, 0.15) is 29.3 Å². The van der Waals surface area contributed by atoms with Crippen molar-refractivity contribution in [3.05, 3.63) is 84.0 Å². The van der Waals surface area contributed by atoms with E-state index in [0.717, 1.165) is 16.7 Å². The van der Waals surface area contributed by atoms with Crippen LogP contribution in [0, 0.1) is 11.3 Å². The van der Waals surface area contributed by atoms with Crippen molar-refractivity contribution in [2.24, 2.45) is 0 Å². The summed E-state index contributed by atoms with van der Waals surface area (Å²) < 4.78 is 1.87. The van der Waals surface area contributed by atoms with Gasteiger partial charge in [0.05, 0.1) is 18.7 Å². The molecule has 7 heteroatoms. The molecule has 1 atom stereocenters. The van der Waals surface area contributed by atoms with E-state index in [1.54, 1.807) is 4.90 Å². The number of benzene rings is 1. The molecule has 30 heavy (non-hydrogen) atoms. The summed E-state index contributed by atoms with van der Waals surface area (Å²) in [4.78, 5) is 14.5. The number of aromatic nitrogens is 2. The number of nitriles is 1. The molecule has 4 heterocycles.